The SMILES string of the molecule is NC(=O)C1CN(C(=O)c2cncs2)CC12CN(C(N)=O)C2. The second kappa shape index (κ2) is 4.69. The standard InChI is InChI=1S/C12H15N5O3S/c13-9(18)7-2-16(10(19)8-1-15-6-21-8)3-12(7)4-17(5-12)11(14)20/h1,6-7H,2-5H2,(H2,13,18)(H2,14,20). The van der Waals surface area contributed by atoms with Crippen LogP contribution in [0, 0.1) is 11.3 Å². The van der Waals surface area contributed by atoms with Crippen LogP contribution in [-0.2, 0) is 4.79 Å². The van der Waals surface area contributed by atoms with Crippen molar-refractivity contribution in [3.05, 3.63) is 16.6 Å². The summed E-state index contributed by atoms with van der Waals surface area (Å²) in [4.78, 5) is 42.7. The molecule has 2 aliphatic rings. The van der Waals surface area contributed by atoms with Gasteiger partial charge in [-0.3, -0.25) is 14.6 Å². The molecule has 0 aromatic carbocycles. The van der Waals surface area contributed by atoms with E-state index in [-0.39, 0.29) is 12.5 Å². The van der Waals surface area contributed by atoms with Crippen molar-refractivity contribution < 1.29 is 14.4 Å². The highest BCUT2D eigenvalue weighted by Crippen LogP contribution is 2.44. The number of nitrogens with zero attached hydrogens (tertiary/aromatic N) is 3. The van der Waals surface area contributed by atoms with E-state index in [1.165, 1.54) is 22.4 Å². The van der Waals surface area contributed by atoms with Crippen LogP contribution in [0.3, 0.4) is 0 Å². The molecule has 0 radical (unpaired) electrons. The third kappa shape index (κ3) is 2.13. The van der Waals surface area contributed by atoms with Crippen molar-refractivity contribution in [2.24, 2.45) is 22.8 Å². The van der Waals surface area contributed by atoms with Gasteiger partial charge in [-0.05, 0) is 0 Å². The summed E-state index contributed by atoms with van der Waals surface area (Å²) in [7, 11) is 0. The Labute approximate surface area is 124 Å². The number of rotatable bonds is 2. The van der Waals surface area contributed by atoms with E-state index in [0.29, 0.717) is 24.5 Å². The Balaban J connectivity index is 1.78. The van der Waals surface area contributed by atoms with Crippen LogP contribution in [0.1, 0.15) is 9.67 Å². The van der Waals surface area contributed by atoms with Crippen LogP contribution in [0.25, 0.3) is 0 Å². The maximum Gasteiger partial charge on any atom is 0.314 e. The highest BCUT2D eigenvalue weighted by Gasteiger charge is 2.58. The molecule has 8 nitrogen and oxygen atoms in total. The average Bonchev–Trinajstić information content (AvgIpc) is 3.03. The third-order valence-electron chi connectivity index (χ3n) is 4.24. The largest absolute Gasteiger partial charge is 0.369 e. The molecule has 112 valence electrons. The lowest BCUT2D eigenvalue weighted by Crippen LogP contribution is -2.64. The van der Waals surface area contributed by atoms with Gasteiger partial charge < -0.3 is 21.3 Å². The molecule has 3 heterocycles. The van der Waals surface area contributed by atoms with E-state index in [4.69, 9.17) is 11.5 Å². The van der Waals surface area contributed by atoms with Crippen molar-refractivity contribution in [3.63, 3.8) is 0 Å². The van der Waals surface area contributed by atoms with E-state index in [2.05, 4.69) is 4.98 Å². The number of carbonyl (C=O) groups is 3. The molecule has 0 saturated carbocycles. The van der Waals surface area contributed by atoms with Gasteiger partial charge in [-0.2, -0.15) is 0 Å². The predicted octanol–water partition coefficient (Wildman–Crippen LogP) is -0.919. The minimum Gasteiger partial charge on any atom is -0.369 e. The molecule has 1 unspecified atom stereocenters. The van der Waals surface area contributed by atoms with E-state index in [0.717, 1.165) is 0 Å². The van der Waals surface area contributed by atoms with Crippen molar-refractivity contribution in [1.29, 1.82) is 0 Å². The Morgan fingerprint density at radius 1 is 1.24 bits per heavy atom. The molecule has 21 heavy (non-hydrogen) atoms. The van der Waals surface area contributed by atoms with Crippen LogP contribution in [-0.4, -0.2) is 58.8 Å². The minimum atomic E-state index is -0.518. The van der Waals surface area contributed by atoms with Gasteiger partial charge in [0.2, 0.25) is 5.91 Å². The van der Waals surface area contributed by atoms with Gasteiger partial charge in [0, 0.05) is 31.6 Å². The number of amides is 4. The molecule has 9 heteroatoms. The Bertz CT molecular complexity index is 596. The fourth-order valence-corrected chi connectivity index (χ4v) is 3.77. The fourth-order valence-electron chi connectivity index (χ4n) is 3.18. The molecule has 3 rings (SSSR count). The second-order valence-electron chi connectivity index (χ2n) is 5.56. The summed E-state index contributed by atoms with van der Waals surface area (Å²) in [6, 6.07) is -0.518. The summed E-state index contributed by atoms with van der Waals surface area (Å²) >= 11 is 1.26. The lowest BCUT2D eigenvalue weighted by molar-refractivity contribution is -0.127. The summed E-state index contributed by atoms with van der Waals surface area (Å²) < 4.78 is 0. The van der Waals surface area contributed by atoms with Crippen LogP contribution in [0.4, 0.5) is 4.79 Å². The maximum atomic E-state index is 12.4. The van der Waals surface area contributed by atoms with E-state index in [1.807, 2.05) is 0 Å². The summed E-state index contributed by atoms with van der Waals surface area (Å²) in [5.74, 6) is -1.05. The number of primary amides is 2. The zero-order chi connectivity index (χ0) is 15.2. The first-order valence-electron chi connectivity index (χ1n) is 6.44. The van der Waals surface area contributed by atoms with Gasteiger partial charge in [0.05, 0.1) is 17.6 Å². The van der Waals surface area contributed by atoms with Crippen molar-refractivity contribution in [3.8, 4) is 0 Å². The first-order valence-corrected chi connectivity index (χ1v) is 7.32. The van der Waals surface area contributed by atoms with E-state index < -0.39 is 23.3 Å². The second-order valence-corrected chi connectivity index (χ2v) is 6.45. The number of urea groups is 1. The predicted molar refractivity (Wildman–Crippen MR) is 74.3 cm³/mol. The molecule has 4 N–H and O–H groups in total. The molecular formula is C12H15N5O3S. The van der Waals surface area contributed by atoms with Crippen LogP contribution in [0.15, 0.2) is 11.7 Å². The first kappa shape index (κ1) is 13.8. The number of hydrogen-bond acceptors (Lipinski definition) is 5. The Kier molecular flexibility index (Phi) is 3.08. The topological polar surface area (TPSA) is 123 Å². The van der Waals surface area contributed by atoms with E-state index in [1.54, 1.807) is 10.4 Å². The van der Waals surface area contributed by atoms with Crippen molar-refractivity contribution in [2.45, 2.75) is 0 Å². The smallest absolute Gasteiger partial charge is 0.314 e. The molecular weight excluding hydrogens is 294 g/mol. The lowest BCUT2D eigenvalue weighted by Gasteiger charge is -2.49. The highest BCUT2D eigenvalue weighted by molar-refractivity contribution is 7.11. The van der Waals surface area contributed by atoms with Crippen molar-refractivity contribution in [1.82, 2.24) is 14.8 Å². The van der Waals surface area contributed by atoms with Crippen LogP contribution in [0.5, 0.6) is 0 Å². The zero-order valence-electron chi connectivity index (χ0n) is 11.2. The minimum absolute atomic E-state index is 0.154. The molecule has 1 aromatic rings. The number of hydrogen-bond donors (Lipinski definition) is 2. The lowest BCUT2D eigenvalue weighted by atomic mass is 9.71. The average molecular weight is 309 g/mol. The summed E-state index contributed by atoms with van der Waals surface area (Å²) in [6.07, 6.45) is 1.51. The molecule has 0 bridgehead atoms. The van der Waals surface area contributed by atoms with Crippen LogP contribution in [0.2, 0.25) is 0 Å². The quantitative estimate of drug-likeness (QED) is 0.733. The van der Waals surface area contributed by atoms with Gasteiger partial charge in [-0.15, -0.1) is 11.3 Å². The molecule has 0 aliphatic carbocycles. The first-order chi connectivity index (χ1) is 9.93. The molecule has 1 atom stereocenters. The van der Waals surface area contributed by atoms with Gasteiger partial charge in [-0.1, -0.05) is 0 Å². The molecule has 1 spiro atoms. The summed E-state index contributed by atoms with van der Waals surface area (Å²) in [5, 5.41) is 0. The number of likely N-dealkylation sites (tertiary alicyclic amines) is 2. The number of thiazole rings is 1. The van der Waals surface area contributed by atoms with Crippen LogP contribution < -0.4 is 11.5 Å². The monoisotopic (exact) mass is 309 g/mol. The van der Waals surface area contributed by atoms with Crippen LogP contribution >= 0.6 is 11.3 Å². The van der Waals surface area contributed by atoms with Crippen molar-refractivity contribution in [2.75, 3.05) is 26.2 Å². The molecule has 4 amide bonds. The third-order valence-corrected chi connectivity index (χ3v) is 5.01. The maximum absolute atomic E-state index is 12.4. The van der Waals surface area contributed by atoms with Gasteiger partial charge >= 0.3 is 6.03 Å². The van der Waals surface area contributed by atoms with Gasteiger partial charge in [-0.25, -0.2) is 4.79 Å². The number of nitrogens with two attached hydrogens (primary N) is 2. The summed E-state index contributed by atoms with van der Waals surface area (Å²) in [6.45, 7) is 1.41. The Hall–Kier alpha value is -2.16. The molecule has 2 aliphatic heterocycles. The van der Waals surface area contributed by atoms with E-state index in [9.17, 15) is 14.4 Å². The van der Waals surface area contributed by atoms with Gasteiger partial charge in [0.25, 0.3) is 5.91 Å². The Morgan fingerprint density at radius 2 is 1.90 bits per heavy atom. The number of aromatic nitrogens is 1. The zero-order valence-corrected chi connectivity index (χ0v) is 12.0. The fraction of sp³-hybridized carbons (Fsp3) is 0.500. The van der Waals surface area contributed by atoms with E-state index >= 15 is 0 Å². The molecule has 2 fully saturated rings. The van der Waals surface area contributed by atoms with Gasteiger partial charge in [0.15, 0.2) is 0 Å². The molecule has 2 saturated heterocycles. The number of carbonyl (C=O) groups excluding carboxylic acids is 3. The summed E-state index contributed by atoms with van der Waals surface area (Å²) in [5.41, 5.74) is 11.8. The normalized spacial score (nSPS) is 23.1. The molecule has 1 aromatic heterocycles. The van der Waals surface area contributed by atoms with Gasteiger partial charge in [0.1, 0.15) is 4.88 Å². The van der Waals surface area contributed by atoms with Crippen molar-refractivity contribution >= 4 is 29.2 Å². The Morgan fingerprint density at radius 3 is 2.43 bits per heavy atom. The highest BCUT2D eigenvalue weighted by atomic mass is 32.1.